The second-order valence-corrected chi connectivity index (χ2v) is 4.68. The van der Waals surface area contributed by atoms with Gasteiger partial charge < -0.3 is 14.6 Å². The first-order valence-corrected chi connectivity index (χ1v) is 6.27. The summed E-state index contributed by atoms with van der Waals surface area (Å²) in [5, 5.41) is 9.95. The second-order valence-electron chi connectivity index (χ2n) is 4.68. The van der Waals surface area contributed by atoms with Crippen molar-refractivity contribution >= 4 is 0 Å². The van der Waals surface area contributed by atoms with Crippen molar-refractivity contribution in [3.63, 3.8) is 0 Å². The van der Waals surface area contributed by atoms with Crippen LogP contribution in [0.1, 0.15) is 44.9 Å². The van der Waals surface area contributed by atoms with Crippen LogP contribution < -0.4 is 0 Å². The average molecular weight is 214 g/mol. The van der Waals surface area contributed by atoms with E-state index in [9.17, 15) is 5.11 Å². The Balaban J connectivity index is 1.64. The Morgan fingerprint density at radius 1 is 1.07 bits per heavy atom. The maximum Gasteiger partial charge on any atom is 0.0833 e. The van der Waals surface area contributed by atoms with Crippen LogP contribution >= 0.6 is 0 Å². The van der Waals surface area contributed by atoms with Gasteiger partial charge in [0.25, 0.3) is 0 Å². The monoisotopic (exact) mass is 214 g/mol. The van der Waals surface area contributed by atoms with E-state index in [4.69, 9.17) is 9.47 Å². The van der Waals surface area contributed by atoms with E-state index in [0.717, 1.165) is 45.3 Å². The Labute approximate surface area is 91.8 Å². The van der Waals surface area contributed by atoms with Crippen molar-refractivity contribution in [2.75, 3.05) is 13.2 Å². The number of hydrogen-bond donors (Lipinski definition) is 1. The van der Waals surface area contributed by atoms with Crippen molar-refractivity contribution in [3.8, 4) is 0 Å². The van der Waals surface area contributed by atoms with Gasteiger partial charge in [0.1, 0.15) is 0 Å². The Kier molecular flexibility index (Phi) is 4.42. The van der Waals surface area contributed by atoms with Gasteiger partial charge in [-0.1, -0.05) is 0 Å². The Morgan fingerprint density at radius 2 is 1.93 bits per heavy atom. The fourth-order valence-corrected chi connectivity index (χ4v) is 2.48. The zero-order valence-electron chi connectivity index (χ0n) is 9.36. The van der Waals surface area contributed by atoms with Gasteiger partial charge in [0.05, 0.1) is 18.3 Å². The molecule has 0 saturated carbocycles. The highest BCUT2D eigenvalue weighted by Gasteiger charge is 2.24. The van der Waals surface area contributed by atoms with Crippen LogP contribution in [-0.4, -0.2) is 36.6 Å². The van der Waals surface area contributed by atoms with Crippen molar-refractivity contribution in [2.45, 2.75) is 63.3 Å². The maximum absolute atomic E-state index is 9.95. The second kappa shape index (κ2) is 5.83. The molecule has 0 radical (unpaired) electrons. The highest BCUT2D eigenvalue weighted by Crippen LogP contribution is 2.22. The van der Waals surface area contributed by atoms with Gasteiger partial charge in [-0.25, -0.2) is 0 Å². The summed E-state index contributed by atoms with van der Waals surface area (Å²) in [6.45, 7) is 1.72. The van der Waals surface area contributed by atoms with E-state index in [-0.39, 0.29) is 12.2 Å². The van der Waals surface area contributed by atoms with Crippen molar-refractivity contribution in [1.82, 2.24) is 0 Å². The molecule has 0 bridgehead atoms. The van der Waals surface area contributed by atoms with E-state index in [0.29, 0.717) is 6.10 Å². The van der Waals surface area contributed by atoms with Gasteiger partial charge >= 0.3 is 0 Å². The summed E-state index contributed by atoms with van der Waals surface area (Å²) in [5.74, 6) is 0. The zero-order valence-corrected chi connectivity index (χ0v) is 9.36. The molecule has 1 N–H and O–H groups in total. The lowest BCUT2D eigenvalue weighted by atomic mass is 9.99. The molecule has 2 aliphatic rings. The Hall–Kier alpha value is -0.120. The third-order valence-electron chi connectivity index (χ3n) is 3.45. The predicted octanol–water partition coefficient (Wildman–Crippen LogP) is 1.88. The number of aliphatic hydroxyl groups excluding tert-OH is 1. The molecule has 2 rings (SSSR count). The van der Waals surface area contributed by atoms with Gasteiger partial charge in [0, 0.05) is 13.2 Å². The molecule has 0 spiro atoms. The smallest absolute Gasteiger partial charge is 0.0833 e. The van der Waals surface area contributed by atoms with Crippen molar-refractivity contribution in [1.29, 1.82) is 0 Å². The van der Waals surface area contributed by atoms with Crippen molar-refractivity contribution < 1.29 is 14.6 Å². The SMILES string of the molecule is OC(CCC1CCCO1)C1CCCCO1. The first-order valence-electron chi connectivity index (χ1n) is 6.27. The maximum atomic E-state index is 9.95. The van der Waals surface area contributed by atoms with E-state index < -0.39 is 0 Å². The van der Waals surface area contributed by atoms with Crippen LogP contribution in [0.15, 0.2) is 0 Å². The Morgan fingerprint density at radius 3 is 2.60 bits per heavy atom. The fourth-order valence-electron chi connectivity index (χ4n) is 2.48. The minimum absolute atomic E-state index is 0.0835. The fraction of sp³-hybridized carbons (Fsp3) is 1.00. The molecule has 0 aromatic heterocycles. The number of rotatable bonds is 4. The zero-order chi connectivity index (χ0) is 10.5. The molecule has 3 unspecified atom stereocenters. The topological polar surface area (TPSA) is 38.7 Å². The summed E-state index contributed by atoms with van der Waals surface area (Å²) >= 11 is 0. The van der Waals surface area contributed by atoms with Crippen LogP contribution in [0.25, 0.3) is 0 Å². The molecule has 0 aromatic rings. The van der Waals surface area contributed by atoms with E-state index in [1.54, 1.807) is 0 Å². The molecule has 3 heteroatoms. The molecule has 2 aliphatic heterocycles. The van der Waals surface area contributed by atoms with Gasteiger partial charge in [0.2, 0.25) is 0 Å². The molecule has 0 amide bonds. The van der Waals surface area contributed by atoms with Gasteiger partial charge in [0.15, 0.2) is 0 Å². The molecule has 2 heterocycles. The summed E-state index contributed by atoms with van der Waals surface area (Å²) in [4.78, 5) is 0. The van der Waals surface area contributed by atoms with Gasteiger partial charge in [-0.15, -0.1) is 0 Å². The molecule has 88 valence electrons. The van der Waals surface area contributed by atoms with Crippen molar-refractivity contribution in [3.05, 3.63) is 0 Å². The average Bonchev–Trinajstić information content (AvgIpc) is 2.80. The molecular formula is C12H22O3. The van der Waals surface area contributed by atoms with Gasteiger partial charge in [-0.2, -0.15) is 0 Å². The van der Waals surface area contributed by atoms with Crippen LogP contribution in [0, 0.1) is 0 Å². The van der Waals surface area contributed by atoms with E-state index in [1.807, 2.05) is 0 Å². The van der Waals surface area contributed by atoms with Crippen LogP contribution in [0.3, 0.4) is 0 Å². The Bertz CT molecular complexity index is 172. The van der Waals surface area contributed by atoms with Crippen LogP contribution in [0.4, 0.5) is 0 Å². The minimum atomic E-state index is -0.283. The lowest BCUT2D eigenvalue weighted by Crippen LogP contribution is -2.32. The van der Waals surface area contributed by atoms with Crippen LogP contribution in [0.5, 0.6) is 0 Å². The largest absolute Gasteiger partial charge is 0.390 e. The summed E-state index contributed by atoms with van der Waals surface area (Å²) in [6.07, 6.45) is 7.72. The van der Waals surface area contributed by atoms with Crippen LogP contribution in [-0.2, 0) is 9.47 Å². The predicted molar refractivity (Wildman–Crippen MR) is 57.8 cm³/mol. The summed E-state index contributed by atoms with van der Waals surface area (Å²) in [7, 11) is 0. The van der Waals surface area contributed by atoms with Crippen molar-refractivity contribution in [2.24, 2.45) is 0 Å². The molecule has 0 aromatic carbocycles. The highest BCUT2D eigenvalue weighted by atomic mass is 16.5. The van der Waals surface area contributed by atoms with E-state index in [1.165, 1.54) is 12.8 Å². The molecule has 0 aliphatic carbocycles. The number of aliphatic hydroxyl groups is 1. The van der Waals surface area contributed by atoms with E-state index in [2.05, 4.69) is 0 Å². The molecule has 3 atom stereocenters. The standard InChI is InChI=1S/C12H22O3/c13-11(12-5-1-2-8-15-12)7-6-10-4-3-9-14-10/h10-13H,1-9H2. The molecule has 3 nitrogen and oxygen atoms in total. The number of hydrogen-bond acceptors (Lipinski definition) is 3. The summed E-state index contributed by atoms with van der Waals surface area (Å²) in [5.41, 5.74) is 0. The molecule has 2 fully saturated rings. The summed E-state index contributed by atoms with van der Waals surface area (Å²) in [6, 6.07) is 0. The minimum Gasteiger partial charge on any atom is -0.390 e. The van der Waals surface area contributed by atoms with E-state index >= 15 is 0 Å². The normalized spacial score (nSPS) is 34.2. The quantitative estimate of drug-likeness (QED) is 0.776. The lowest BCUT2D eigenvalue weighted by molar-refractivity contribution is -0.0680. The van der Waals surface area contributed by atoms with Crippen LogP contribution in [0.2, 0.25) is 0 Å². The molecule has 2 saturated heterocycles. The molecule has 15 heavy (non-hydrogen) atoms. The first kappa shape index (κ1) is 11.4. The first-order chi connectivity index (χ1) is 7.36. The lowest BCUT2D eigenvalue weighted by Gasteiger charge is -2.27. The highest BCUT2D eigenvalue weighted by molar-refractivity contribution is 4.75. The van der Waals surface area contributed by atoms with Gasteiger partial charge in [-0.3, -0.25) is 0 Å². The number of ether oxygens (including phenoxy) is 2. The van der Waals surface area contributed by atoms with Gasteiger partial charge in [-0.05, 0) is 44.9 Å². The molecular weight excluding hydrogens is 192 g/mol. The third kappa shape index (κ3) is 3.44. The third-order valence-corrected chi connectivity index (χ3v) is 3.45. The summed E-state index contributed by atoms with van der Waals surface area (Å²) < 4.78 is 11.1.